The number of ketones is 1. The van der Waals surface area contributed by atoms with E-state index in [0.29, 0.717) is 44.9 Å². The van der Waals surface area contributed by atoms with Crippen LogP contribution in [0.1, 0.15) is 16.1 Å². The molecule has 5 rings (SSSR count). The predicted octanol–water partition coefficient (Wildman–Crippen LogP) is 4.96. The summed E-state index contributed by atoms with van der Waals surface area (Å²) in [7, 11) is 0. The second kappa shape index (κ2) is 9.45. The first kappa shape index (κ1) is 23.5. The van der Waals surface area contributed by atoms with E-state index in [1.807, 2.05) is 30.3 Å². The van der Waals surface area contributed by atoms with Gasteiger partial charge in [-0.2, -0.15) is 5.10 Å². The van der Waals surface area contributed by atoms with Crippen LogP contribution >= 0.6 is 35.0 Å². The number of hydrogen-bond donors (Lipinski definition) is 0. The van der Waals surface area contributed by atoms with Gasteiger partial charge in [-0.15, -0.1) is 0 Å². The van der Waals surface area contributed by atoms with Gasteiger partial charge < -0.3 is 4.90 Å². The predicted molar refractivity (Wildman–Crippen MR) is 137 cm³/mol. The molecule has 0 atom stereocenters. The highest BCUT2D eigenvalue weighted by atomic mass is 35.5. The molecule has 0 N–H and O–H groups in total. The smallest absolute Gasteiger partial charge is 0.301 e. The normalized spacial score (nSPS) is 14.1. The molecule has 0 unspecified atom stereocenters. The highest BCUT2D eigenvalue weighted by Crippen LogP contribution is 2.37. The average molecular weight is 525 g/mol. The fraction of sp³-hybridized carbons (Fsp3) is 0.160. The fourth-order valence-electron chi connectivity index (χ4n) is 4.12. The number of nitrogens with zero attached hydrogens (tertiary/aromatic N) is 4. The van der Waals surface area contributed by atoms with Gasteiger partial charge in [0.2, 0.25) is 0 Å². The molecule has 10 heteroatoms. The standard InChI is InChI=1S/C25H18Cl2N4O3S/c1-14-21(20(32)13-30-10-11-35-25(34)24(30)33)23-28-12-18(17-4-2-3-5-19(17)27)22(31(23)29-14)15-6-8-16(26)9-7-15/h2-9,12H,10-11,13H2,1H3. The van der Waals surface area contributed by atoms with Gasteiger partial charge in [-0.25, -0.2) is 9.50 Å². The van der Waals surface area contributed by atoms with E-state index < -0.39 is 11.0 Å². The molecule has 7 nitrogen and oxygen atoms in total. The van der Waals surface area contributed by atoms with Crippen molar-refractivity contribution >= 4 is 57.4 Å². The molecule has 1 aliphatic heterocycles. The number of amides is 1. The Kier molecular flexibility index (Phi) is 6.35. The number of halogens is 2. The topological polar surface area (TPSA) is 84.6 Å². The Hall–Kier alpha value is -3.20. The monoisotopic (exact) mass is 524 g/mol. The van der Waals surface area contributed by atoms with Gasteiger partial charge in [-0.05, 0) is 25.1 Å². The Balaban J connectivity index is 1.67. The van der Waals surface area contributed by atoms with Gasteiger partial charge in [0.15, 0.2) is 11.4 Å². The Morgan fingerprint density at radius 2 is 1.80 bits per heavy atom. The van der Waals surface area contributed by atoms with Crippen LogP contribution in [0.3, 0.4) is 0 Å². The first-order valence-corrected chi connectivity index (χ1v) is 12.5. The molecule has 35 heavy (non-hydrogen) atoms. The van der Waals surface area contributed by atoms with Gasteiger partial charge in [-0.1, -0.05) is 65.3 Å². The van der Waals surface area contributed by atoms with Crippen LogP contribution in [0.2, 0.25) is 10.0 Å². The fourth-order valence-corrected chi connectivity index (χ4v) is 5.24. The van der Waals surface area contributed by atoms with Gasteiger partial charge in [0.05, 0.1) is 23.5 Å². The molecule has 1 amide bonds. The third-order valence-corrected chi connectivity index (χ3v) is 7.18. The number of fused-ring (bicyclic) bond motifs is 1. The number of rotatable bonds is 5. The molecule has 3 heterocycles. The second-order valence-electron chi connectivity index (χ2n) is 7.99. The van der Waals surface area contributed by atoms with Crippen LogP contribution in [0, 0.1) is 6.92 Å². The summed E-state index contributed by atoms with van der Waals surface area (Å²) in [6, 6.07) is 14.7. The highest BCUT2D eigenvalue weighted by molar-refractivity contribution is 8.15. The number of thioether (sulfide) groups is 1. The quantitative estimate of drug-likeness (QED) is 0.271. The molecule has 0 radical (unpaired) electrons. The van der Waals surface area contributed by atoms with E-state index in [4.69, 9.17) is 23.2 Å². The van der Waals surface area contributed by atoms with E-state index >= 15 is 0 Å². The molecule has 4 aromatic rings. The minimum atomic E-state index is -0.653. The molecule has 0 spiro atoms. The van der Waals surface area contributed by atoms with Crippen molar-refractivity contribution in [3.05, 3.63) is 76.0 Å². The number of benzene rings is 2. The van der Waals surface area contributed by atoms with Crippen molar-refractivity contribution in [2.75, 3.05) is 18.8 Å². The van der Waals surface area contributed by atoms with Gasteiger partial charge in [0, 0.05) is 45.2 Å². The number of Topliss-reactive ketones (excluding diaryl/α,β-unsaturated/α-hetero) is 1. The van der Waals surface area contributed by atoms with Crippen molar-refractivity contribution in [1.82, 2.24) is 19.5 Å². The van der Waals surface area contributed by atoms with Crippen molar-refractivity contribution in [3.63, 3.8) is 0 Å². The minimum absolute atomic E-state index is 0.211. The maximum absolute atomic E-state index is 13.3. The molecule has 0 saturated carbocycles. The van der Waals surface area contributed by atoms with E-state index in [1.165, 1.54) is 4.90 Å². The van der Waals surface area contributed by atoms with E-state index in [9.17, 15) is 14.4 Å². The van der Waals surface area contributed by atoms with E-state index in [2.05, 4.69) is 10.1 Å². The summed E-state index contributed by atoms with van der Waals surface area (Å²) in [6.45, 7) is 1.85. The highest BCUT2D eigenvalue weighted by Gasteiger charge is 2.31. The lowest BCUT2D eigenvalue weighted by Crippen LogP contribution is -2.44. The van der Waals surface area contributed by atoms with E-state index in [0.717, 1.165) is 28.5 Å². The SMILES string of the molecule is Cc1nn2c(-c3ccc(Cl)cc3)c(-c3ccccc3Cl)cnc2c1C(=O)CN1CCSC(=O)C1=O. The Labute approximate surface area is 215 Å². The van der Waals surface area contributed by atoms with Crippen molar-refractivity contribution < 1.29 is 14.4 Å². The molecule has 0 bridgehead atoms. The summed E-state index contributed by atoms with van der Waals surface area (Å²) < 4.78 is 1.63. The number of carbonyl (C=O) groups excluding carboxylic acids is 3. The zero-order chi connectivity index (χ0) is 24.7. The van der Waals surface area contributed by atoms with Crippen LogP contribution in [0.25, 0.3) is 28.0 Å². The maximum atomic E-state index is 13.3. The lowest BCUT2D eigenvalue weighted by atomic mass is 10.0. The number of hydrogen-bond acceptors (Lipinski definition) is 6. The first-order chi connectivity index (χ1) is 16.8. The van der Waals surface area contributed by atoms with Crippen molar-refractivity contribution in [2.45, 2.75) is 6.92 Å². The Morgan fingerprint density at radius 1 is 1.06 bits per heavy atom. The number of carbonyl (C=O) groups is 3. The van der Waals surface area contributed by atoms with Crippen LogP contribution < -0.4 is 0 Å². The van der Waals surface area contributed by atoms with Gasteiger partial charge in [0.25, 0.3) is 5.12 Å². The number of aromatic nitrogens is 3. The van der Waals surface area contributed by atoms with Gasteiger partial charge in [-0.3, -0.25) is 14.4 Å². The third kappa shape index (κ3) is 4.33. The zero-order valence-corrected chi connectivity index (χ0v) is 20.8. The largest absolute Gasteiger partial charge is 0.327 e. The summed E-state index contributed by atoms with van der Waals surface area (Å²) in [5.74, 6) is -0.517. The minimum Gasteiger partial charge on any atom is -0.327 e. The Morgan fingerprint density at radius 3 is 2.54 bits per heavy atom. The van der Waals surface area contributed by atoms with Crippen LogP contribution in [-0.2, 0) is 9.59 Å². The summed E-state index contributed by atoms with van der Waals surface area (Å²) in [5, 5.41) is 5.25. The summed E-state index contributed by atoms with van der Waals surface area (Å²) in [6.07, 6.45) is 1.67. The van der Waals surface area contributed by atoms with Crippen molar-refractivity contribution in [2.24, 2.45) is 0 Å². The lowest BCUT2D eigenvalue weighted by Gasteiger charge is -2.24. The Bertz CT molecular complexity index is 1500. The number of aryl methyl sites for hydroxylation is 1. The molecule has 1 aliphatic rings. The van der Waals surface area contributed by atoms with Crippen LogP contribution in [0.5, 0.6) is 0 Å². The second-order valence-corrected chi connectivity index (χ2v) is 9.90. The maximum Gasteiger partial charge on any atom is 0.301 e. The molecule has 1 fully saturated rings. The van der Waals surface area contributed by atoms with Crippen LogP contribution in [0.4, 0.5) is 0 Å². The van der Waals surface area contributed by atoms with E-state index in [1.54, 1.807) is 35.8 Å². The molecule has 176 valence electrons. The average Bonchev–Trinajstić information content (AvgIpc) is 3.18. The molecular formula is C25H18Cl2N4O3S. The van der Waals surface area contributed by atoms with Crippen molar-refractivity contribution in [1.29, 1.82) is 0 Å². The third-order valence-electron chi connectivity index (χ3n) is 5.77. The summed E-state index contributed by atoms with van der Waals surface area (Å²) in [5.41, 5.74) is 4.15. The summed E-state index contributed by atoms with van der Waals surface area (Å²) >= 11 is 13.6. The van der Waals surface area contributed by atoms with Crippen LogP contribution in [0.15, 0.2) is 54.7 Å². The zero-order valence-electron chi connectivity index (χ0n) is 18.5. The molecule has 2 aromatic heterocycles. The van der Waals surface area contributed by atoms with Gasteiger partial charge >= 0.3 is 5.91 Å². The van der Waals surface area contributed by atoms with E-state index in [-0.39, 0.29) is 12.3 Å². The molecule has 1 saturated heterocycles. The summed E-state index contributed by atoms with van der Waals surface area (Å²) in [4.78, 5) is 43.2. The van der Waals surface area contributed by atoms with Crippen LogP contribution in [-0.4, -0.2) is 55.1 Å². The molecule has 2 aromatic carbocycles. The lowest BCUT2D eigenvalue weighted by molar-refractivity contribution is -0.140. The van der Waals surface area contributed by atoms with Gasteiger partial charge in [0.1, 0.15) is 0 Å². The molecule has 0 aliphatic carbocycles. The van der Waals surface area contributed by atoms with Crippen molar-refractivity contribution in [3.8, 4) is 22.4 Å². The first-order valence-electron chi connectivity index (χ1n) is 10.7. The molecular weight excluding hydrogens is 507 g/mol.